The van der Waals surface area contributed by atoms with E-state index >= 15 is 0 Å². The van der Waals surface area contributed by atoms with Crippen molar-refractivity contribution in [1.82, 2.24) is 19.9 Å². The monoisotopic (exact) mass is 569 g/mol. The Morgan fingerprint density at radius 2 is 1.68 bits per heavy atom. The Hall–Kier alpha value is -4.89. The first kappa shape index (κ1) is 28.1. The summed E-state index contributed by atoms with van der Waals surface area (Å²) in [7, 11) is 0. The molecule has 2 aromatic carbocycles. The van der Waals surface area contributed by atoms with E-state index in [9.17, 15) is 40.3 Å². The SMILES string of the molecule is Nc1ncnn2cc(CC(=O)NCC(F)(F)F)c(-c3ccc(NC(=O)Nc4cc(C(F)(F)F)ccc4F)cc3)c12. The molecule has 3 amide bonds. The van der Waals surface area contributed by atoms with Gasteiger partial charge in [-0.3, -0.25) is 4.79 Å². The van der Waals surface area contributed by atoms with Crippen molar-refractivity contribution < 1.29 is 40.3 Å². The molecule has 0 radical (unpaired) electrons. The maximum atomic E-state index is 13.9. The van der Waals surface area contributed by atoms with E-state index in [4.69, 9.17) is 5.73 Å². The van der Waals surface area contributed by atoms with Crippen LogP contribution >= 0.6 is 0 Å². The molecule has 0 spiro atoms. The fourth-order valence-corrected chi connectivity index (χ4v) is 3.78. The fraction of sp³-hybridized carbons (Fsp3) is 0.167. The van der Waals surface area contributed by atoms with Gasteiger partial charge in [0.2, 0.25) is 5.91 Å². The predicted molar refractivity (Wildman–Crippen MR) is 130 cm³/mol. The Balaban J connectivity index is 1.56. The number of benzene rings is 2. The van der Waals surface area contributed by atoms with E-state index in [0.717, 1.165) is 6.33 Å². The van der Waals surface area contributed by atoms with E-state index in [1.165, 1.54) is 35.0 Å². The van der Waals surface area contributed by atoms with Crippen LogP contribution in [0.3, 0.4) is 0 Å². The molecule has 0 saturated heterocycles. The van der Waals surface area contributed by atoms with Crippen molar-refractivity contribution in [2.75, 3.05) is 22.9 Å². The molecule has 2 heterocycles. The lowest BCUT2D eigenvalue weighted by molar-refractivity contribution is -0.138. The molecule has 4 rings (SSSR count). The van der Waals surface area contributed by atoms with Gasteiger partial charge in [-0.1, -0.05) is 12.1 Å². The van der Waals surface area contributed by atoms with Gasteiger partial charge in [-0.2, -0.15) is 31.4 Å². The number of nitrogens with two attached hydrogens (primary N) is 1. The second-order valence-electron chi connectivity index (χ2n) is 8.39. The van der Waals surface area contributed by atoms with Gasteiger partial charge in [-0.15, -0.1) is 0 Å². The second kappa shape index (κ2) is 10.7. The van der Waals surface area contributed by atoms with Crippen LogP contribution in [-0.4, -0.2) is 39.3 Å². The summed E-state index contributed by atoms with van der Waals surface area (Å²) in [5, 5.41) is 10.2. The highest BCUT2D eigenvalue weighted by atomic mass is 19.4. The van der Waals surface area contributed by atoms with Crippen LogP contribution < -0.4 is 21.7 Å². The third kappa shape index (κ3) is 6.57. The van der Waals surface area contributed by atoms with Gasteiger partial charge in [0.1, 0.15) is 24.2 Å². The highest BCUT2D eigenvalue weighted by Gasteiger charge is 2.31. The summed E-state index contributed by atoms with van der Waals surface area (Å²) in [4.78, 5) is 28.4. The third-order valence-electron chi connectivity index (χ3n) is 5.49. The molecule has 2 aromatic heterocycles. The number of urea groups is 1. The van der Waals surface area contributed by atoms with Crippen LogP contribution in [0.25, 0.3) is 16.6 Å². The first-order valence-corrected chi connectivity index (χ1v) is 11.2. The molecule has 0 atom stereocenters. The smallest absolute Gasteiger partial charge is 0.382 e. The lowest BCUT2D eigenvalue weighted by Crippen LogP contribution is -2.34. The summed E-state index contributed by atoms with van der Waals surface area (Å²) in [6.07, 6.45) is -7.22. The second-order valence-corrected chi connectivity index (χ2v) is 8.39. The number of nitrogens with zero attached hydrogens (tertiary/aromatic N) is 3. The number of rotatable bonds is 6. The van der Waals surface area contributed by atoms with E-state index in [1.54, 1.807) is 5.32 Å². The molecule has 0 unspecified atom stereocenters. The molecule has 40 heavy (non-hydrogen) atoms. The lowest BCUT2D eigenvalue weighted by Gasteiger charge is -2.12. The van der Waals surface area contributed by atoms with E-state index in [2.05, 4.69) is 15.4 Å². The van der Waals surface area contributed by atoms with Crippen LogP contribution in [0.15, 0.2) is 55.0 Å². The Labute approximate surface area is 220 Å². The van der Waals surface area contributed by atoms with Gasteiger partial charge in [0.15, 0.2) is 5.82 Å². The van der Waals surface area contributed by atoms with E-state index in [-0.39, 0.29) is 22.6 Å². The summed E-state index contributed by atoms with van der Waals surface area (Å²) in [6, 6.07) is 6.30. The van der Waals surface area contributed by atoms with Crippen molar-refractivity contribution in [3.8, 4) is 11.1 Å². The van der Waals surface area contributed by atoms with Crippen molar-refractivity contribution in [3.05, 3.63) is 71.9 Å². The number of amides is 3. The quantitative estimate of drug-likeness (QED) is 0.243. The molecule has 0 bridgehead atoms. The third-order valence-corrected chi connectivity index (χ3v) is 5.49. The minimum absolute atomic E-state index is 0.0247. The van der Waals surface area contributed by atoms with E-state index in [0.29, 0.717) is 29.3 Å². The van der Waals surface area contributed by atoms with Crippen molar-refractivity contribution in [3.63, 3.8) is 0 Å². The number of nitrogen functional groups attached to an aromatic ring is 1. The maximum absolute atomic E-state index is 13.9. The standard InChI is InChI=1S/C24H18F7N7O2/c25-16-6-3-14(24(29,30)31)8-17(16)37-22(40)36-15-4-1-12(2-5-15)19-13(7-18(39)33-10-23(26,27)28)9-38-20(19)21(32)34-11-35-38/h1-6,8-9,11H,7,10H2,(H,33,39)(H2,32,34,35)(H2,36,37,40). The number of nitrogens with one attached hydrogen (secondary N) is 3. The maximum Gasteiger partial charge on any atom is 0.416 e. The lowest BCUT2D eigenvalue weighted by atomic mass is 10.00. The summed E-state index contributed by atoms with van der Waals surface area (Å²) in [5.41, 5.74) is 5.64. The Morgan fingerprint density at radius 1 is 0.975 bits per heavy atom. The summed E-state index contributed by atoms with van der Waals surface area (Å²) in [5.74, 6) is -1.96. The average Bonchev–Trinajstić information content (AvgIpc) is 3.22. The number of alkyl halides is 6. The van der Waals surface area contributed by atoms with Crippen LogP contribution in [0.4, 0.5) is 52.7 Å². The molecule has 0 fully saturated rings. The average molecular weight is 569 g/mol. The highest BCUT2D eigenvalue weighted by Crippen LogP contribution is 2.34. The minimum Gasteiger partial charge on any atom is -0.382 e. The largest absolute Gasteiger partial charge is 0.416 e. The molecule has 4 aromatic rings. The zero-order valence-corrected chi connectivity index (χ0v) is 20.0. The Kier molecular flexibility index (Phi) is 7.53. The molecular weight excluding hydrogens is 551 g/mol. The number of aromatic nitrogens is 3. The zero-order valence-electron chi connectivity index (χ0n) is 20.0. The molecular formula is C24H18F7N7O2. The van der Waals surface area contributed by atoms with Gasteiger partial charge in [-0.25, -0.2) is 18.7 Å². The summed E-state index contributed by atoms with van der Waals surface area (Å²) >= 11 is 0. The van der Waals surface area contributed by atoms with Crippen molar-refractivity contribution >= 4 is 34.6 Å². The number of fused-ring (bicyclic) bond motifs is 1. The molecule has 16 heteroatoms. The topological polar surface area (TPSA) is 126 Å². The molecule has 9 nitrogen and oxygen atoms in total. The molecule has 210 valence electrons. The zero-order chi connectivity index (χ0) is 29.2. The molecule has 0 saturated carbocycles. The number of anilines is 3. The fourth-order valence-electron chi connectivity index (χ4n) is 3.78. The molecule has 5 N–H and O–H groups in total. The van der Waals surface area contributed by atoms with Gasteiger partial charge in [0.25, 0.3) is 0 Å². The van der Waals surface area contributed by atoms with Crippen LogP contribution in [0, 0.1) is 5.82 Å². The molecule has 0 aliphatic rings. The van der Waals surface area contributed by atoms with Gasteiger partial charge in [-0.05, 0) is 41.5 Å². The number of halogens is 7. The van der Waals surface area contributed by atoms with Gasteiger partial charge in [0.05, 0.1) is 17.7 Å². The van der Waals surface area contributed by atoms with Crippen molar-refractivity contribution in [1.29, 1.82) is 0 Å². The van der Waals surface area contributed by atoms with Gasteiger partial charge in [0, 0.05) is 17.4 Å². The van der Waals surface area contributed by atoms with Crippen LogP contribution in [-0.2, 0) is 17.4 Å². The van der Waals surface area contributed by atoms with E-state index < -0.39 is 54.3 Å². The Bertz CT molecular complexity index is 1570. The van der Waals surface area contributed by atoms with E-state index in [1.807, 2.05) is 5.32 Å². The van der Waals surface area contributed by atoms with Gasteiger partial charge < -0.3 is 21.7 Å². The predicted octanol–water partition coefficient (Wildman–Crippen LogP) is 5.00. The Morgan fingerprint density at radius 3 is 2.33 bits per heavy atom. The van der Waals surface area contributed by atoms with Crippen LogP contribution in [0.1, 0.15) is 11.1 Å². The number of carbonyl (C=O) groups excluding carboxylic acids is 2. The number of carbonyl (C=O) groups is 2. The normalized spacial score (nSPS) is 11.9. The highest BCUT2D eigenvalue weighted by molar-refractivity contribution is 6.00. The first-order chi connectivity index (χ1) is 18.7. The first-order valence-electron chi connectivity index (χ1n) is 11.2. The summed E-state index contributed by atoms with van der Waals surface area (Å²) in [6.45, 7) is -1.51. The molecule has 0 aliphatic heterocycles. The van der Waals surface area contributed by atoms with Crippen molar-refractivity contribution in [2.45, 2.75) is 18.8 Å². The molecule has 0 aliphatic carbocycles. The van der Waals surface area contributed by atoms with Crippen LogP contribution in [0.2, 0.25) is 0 Å². The minimum atomic E-state index is -4.74. The van der Waals surface area contributed by atoms with Crippen LogP contribution in [0.5, 0.6) is 0 Å². The number of hydrogen-bond donors (Lipinski definition) is 4. The summed E-state index contributed by atoms with van der Waals surface area (Å²) < 4.78 is 91.5. The number of hydrogen-bond acceptors (Lipinski definition) is 5. The van der Waals surface area contributed by atoms with Crippen molar-refractivity contribution in [2.24, 2.45) is 0 Å². The van der Waals surface area contributed by atoms with Gasteiger partial charge >= 0.3 is 18.4 Å².